The number of nitrogens with zero attached hydrogens (tertiary/aromatic N) is 6. The van der Waals surface area contributed by atoms with Crippen molar-refractivity contribution in [1.82, 2.24) is 24.1 Å². The van der Waals surface area contributed by atoms with Gasteiger partial charge in [0.15, 0.2) is 17.5 Å². The molecule has 0 aliphatic carbocycles. The third-order valence-electron chi connectivity index (χ3n) is 12.2. The van der Waals surface area contributed by atoms with Crippen LogP contribution in [0.15, 0.2) is 218 Å². The van der Waals surface area contributed by atoms with Crippen molar-refractivity contribution in [2.24, 2.45) is 0 Å². The van der Waals surface area contributed by atoms with Gasteiger partial charge in [-0.1, -0.05) is 158 Å². The maximum Gasteiger partial charge on any atom is 0.166 e. The van der Waals surface area contributed by atoms with Gasteiger partial charge in [0.05, 0.1) is 45.1 Å². The molecule has 0 spiro atoms. The lowest BCUT2D eigenvalue weighted by Crippen LogP contribution is -2.04. The first-order valence-electron chi connectivity index (χ1n) is 21.3. The minimum atomic E-state index is 0.482. The highest BCUT2D eigenvalue weighted by Crippen LogP contribution is 2.42. The van der Waals surface area contributed by atoms with Crippen LogP contribution in [0, 0.1) is 11.3 Å². The van der Waals surface area contributed by atoms with E-state index in [1.165, 1.54) is 10.8 Å². The molecule has 0 atom stereocenters. The standard InChI is InChI=1S/C58H36N6/c59-37-38-28-31-55(49(34-38)58-61-56(40-18-6-2-7-19-40)60-57(62-58)41-20-8-3-9-21-41)64-52-27-15-12-24-46(52)48-36-43(30-33-54(48)64)47-35-42(39-16-4-1-5-17-39)29-32-53(47)63-50-25-13-10-22-44(50)45-23-11-14-26-51(45)63/h1-36H. The van der Waals surface area contributed by atoms with Crippen LogP contribution in [-0.4, -0.2) is 24.1 Å². The van der Waals surface area contributed by atoms with Crippen LogP contribution in [0.25, 0.3) is 111 Å². The molecule has 12 rings (SSSR count). The van der Waals surface area contributed by atoms with Crippen molar-refractivity contribution in [2.45, 2.75) is 0 Å². The minimum absolute atomic E-state index is 0.482. The van der Waals surface area contributed by atoms with Gasteiger partial charge in [-0.25, -0.2) is 15.0 Å². The Morgan fingerprint density at radius 2 is 0.750 bits per heavy atom. The molecule has 298 valence electrons. The van der Waals surface area contributed by atoms with E-state index in [4.69, 9.17) is 15.0 Å². The third-order valence-corrected chi connectivity index (χ3v) is 12.2. The largest absolute Gasteiger partial charge is 0.309 e. The zero-order valence-electron chi connectivity index (χ0n) is 34.5. The van der Waals surface area contributed by atoms with E-state index in [2.05, 4.69) is 155 Å². The Morgan fingerprint density at radius 3 is 1.31 bits per heavy atom. The van der Waals surface area contributed by atoms with Gasteiger partial charge >= 0.3 is 0 Å². The van der Waals surface area contributed by atoms with Crippen LogP contribution < -0.4 is 0 Å². The topological polar surface area (TPSA) is 72.3 Å². The molecular formula is C58H36N6. The molecule has 12 aromatic rings. The predicted octanol–water partition coefficient (Wildman–Crippen LogP) is 14.3. The van der Waals surface area contributed by atoms with Gasteiger partial charge in [0, 0.05) is 43.8 Å². The molecule has 0 saturated carbocycles. The lowest BCUT2D eigenvalue weighted by molar-refractivity contribution is 1.06. The van der Waals surface area contributed by atoms with E-state index in [1.807, 2.05) is 78.9 Å². The van der Waals surface area contributed by atoms with Gasteiger partial charge in [-0.2, -0.15) is 5.26 Å². The molecule has 0 amide bonds. The highest BCUT2D eigenvalue weighted by atomic mass is 15.1. The summed E-state index contributed by atoms with van der Waals surface area (Å²) in [6, 6.07) is 78.2. The third kappa shape index (κ3) is 6.14. The maximum atomic E-state index is 10.3. The van der Waals surface area contributed by atoms with E-state index >= 15 is 0 Å². The van der Waals surface area contributed by atoms with E-state index in [1.54, 1.807) is 0 Å². The average molecular weight is 817 g/mol. The second-order valence-corrected chi connectivity index (χ2v) is 15.9. The van der Waals surface area contributed by atoms with Crippen molar-refractivity contribution in [3.63, 3.8) is 0 Å². The number of para-hydroxylation sites is 3. The Labute approximate surface area is 369 Å². The molecule has 0 unspecified atom stereocenters. The van der Waals surface area contributed by atoms with E-state index in [9.17, 15) is 5.26 Å². The summed E-state index contributed by atoms with van der Waals surface area (Å²) in [5.74, 6) is 1.60. The molecule has 0 fully saturated rings. The van der Waals surface area contributed by atoms with E-state index in [-0.39, 0.29) is 0 Å². The van der Waals surface area contributed by atoms with E-state index in [0.29, 0.717) is 23.0 Å². The molecule has 0 aliphatic heterocycles. The van der Waals surface area contributed by atoms with Crippen LogP contribution in [0.1, 0.15) is 5.56 Å². The van der Waals surface area contributed by atoms with Crippen LogP contribution in [0.5, 0.6) is 0 Å². The van der Waals surface area contributed by atoms with Crippen LogP contribution in [-0.2, 0) is 0 Å². The Bertz CT molecular complexity index is 3680. The zero-order valence-corrected chi connectivity index (χ0v) is 34.5. The summed E-state index contributed by atoms with van der Waals surface area (Å²) in [5.41, 5.74) is 13.9. The fourth-order valence-electron chi connectivity index (χ4n) is 9.26. The van der Waals surface area contributed by atoms with Crippen LogP contribution in [0.2, 0.25) is 0 Å². The number of aromatic nitrogens is 5. The molecule has 0 N–H and O–H groups in total. The van der Waals surface area contributed by atoms with Gasteiger partial charge in [0.1, 0.15) is 0 Å². The summed E-state index contributed by atoms with van der Waals surface area (Å²) < 4.78 is 4.70. The summed E-state index contributed by atoms with van der Waals surface area (Å²) in [4.78, 5) is 15.2. The highest BCUT2D eigenvalue weighted by molar-refractivity contribution is 6.12. The number of nitriles is 1. The lowest BCUT2D eigenvalue weighted by atomic mass is 9.96. The number of fused-ring (bicyclic) bond motifs is 6. The van der Waals surface area contributed by atoms with Gasteiger partial charge in [-0.05, 0) is 77.4 Å². The average Bonchev–Trinajstić information content (AvgIpc) is 3.89. The summed E-state index contributed by atoms with van der Waals surface area (Å²) in [7, 11) is 0. The first-order valence-corrected chi connectivity index (χ1v) is 21.3. The number of hydrogen-bond acceptors (Lipinski definition) is 4. The van der Waals surface area contributed by atoms with E-state index < -0.39 is 0 Å². The summed E-state index contributed by atoms with van der Waals surface area (Å²) >= 11 is 0. The van der Waals surface area contributed by atoms with Crippen molar-refractivity contribution < 1.29 is 0 Å². The Balaban J connectivity index is 1.10. The van der Waals surface area contributed by atoms with Crippen LogP contribution in [0.4, 0.5) is 0 Å². The summed E-state index contributed by atoms with van der Waals surface area (Å²) in [5, 5.41) is 14.9. The molecule has 9 aromatic carbocycles. The van der Waals surface area contributed by atoms with Crippen molar-refractivity contribution >= 4 is 43.6 Å². The molecule has 64 heavy (non-hydrogen) atoms. The monoisotopic (exact) mass is 816 g/mol. The lowest BCUT2D eigenvalue weighted by Gasteiger charge is -2.17. The Kier molecular flexibility index (Phi) is 8.77. The molecule has 6 heteroatoms. The van der Waals surface area contributed by atoms with Gasteiger partial charge < -0.3 is 9.13 Å². The fourth-order valence-corrected chi connectivity index (χ4v) is 9.26. The van der Waals surface area contributed by atoms with Crippen LogP contribution >= 0.6 is 0 Å². The second kappa shape index (κ2) is 15.2. The Hall–Kier alpha value is -8.92. The summed E-state index contributed by atoms with van der Waals surface area (Å²) in [6.45, 7) is 0. The first kappa shape index (κ1) is 36.9. The Morgan fingerprint density at radius 1 is 0.312 bits per heavy atom. The second-order valence-electron chi connectivity index (χ2n) is 15.9. The van der Waals surface area contributed by atoms with Crippen molar-refractivity contribution in [1.29, 1.82) is 5.26 Å². The van der Waals surface area contributed by atoms with Gasteiger partial charge in [0.2, 0.25) is 0 Å². The maximum absolute atomic E-state index is 10.3. The van der Waals surface area contributed by atoms with Crippen LogP contribution in [0.3, 0.4) is 0 Å². The molecule has 6 nitrogen and oxygen atoms in total. The van der Waals surface area contributed by atoms with Gasteiger partial charge in [-0.15, -0.1) is 0 Å². The van der Waals surface area contributed by atoms with Gasteiger partial charge in [-0.3, -0.25) is 0 Å². The highest BCUT2D eigenvalue weighted by Gasteiger charge is 2.22. The number of hydrogen-bond donors (Lipinski definition) is 0. The van der Waals surface area contributed by atoms with E-state index in [0.717, 1.165) is 83.2 Å². The van der Waals surface area contributed by atoms with Crippen molar-refractivity contribution in [3.8, 4) is 73.9 Å². The number of rotatable bonds is 7. The number of benzene rings is 9. The fraction of sp³-hybridized carbons (Fsp3) is 0. The molecular weight excluding hydrogens is 781 g/mol. The first-order chi connectivity index (χ1) is 31.7. The van der Waals surface area contributed by atoms with Crippen molar-refractivity contribution in [3.05, 3.63) is 224 Å². The molecule has 0 bridgehead atoms. The molecule has 0 radical (unpaired) electrons. The molecule has 3 heterocycles. The quantitative estimate of drug-likeness (QED) is 0.161. The zero-order chi connectivity index (χ0) is 42.6. The molecule has 0 aliphatic rings. The summed E-state index contributed by atoms with van der Waals surface area (Å²) in [6.07, 6.45) is 0. The predicted molar refractivity (Wildman–Crippen MR) is 260 cm³/mol. The molecule has 3 aromatic heterocycles. The normalized spacial score (nSPS) is 11.4. The molecule has 0 saturated heterocycles. The van der Waals surface area contributed by atoms with Crippen molar-refractivity contribution in [2.75, 3.05) is 0 Å². The smallest absolute Gasteiger partial charge is 0.166 e. The SMILES string of the molecule is N#Cc1ccc(-n2c3ccccc3c3cc(-c4cc(-c5ccccc5)ccc4-n4c5ccccc5c5ccccc54)ccc32)c(-c2nc(-c3ccccc3)nc(-c3ccccc3)n2)c1. The van der Waals surface area contributed by atoms with Gasteiger partial charge in [0.25, 0.3) is 0 Å². The minimum Gasteiger partial charge on any atom is -0.309 e.